The minimum atomic E-state index is -0.220. The van der Waals surface area contributed by atoms with Crippen LogP contribution in [-0.2, 0) is 0 Å². The van der Waals surface area contributed by atoms with Gasteiger partial charge in [-0.05, 0) is 31.5 Å². The third-order valence-electron chi connectivity index (χ3n) is 2.27. The number of carbonyl (C=O) groups is 1. The van der Waals surface area contributed by atoms with Gasteiger partial charge in [0.15, 0.2) is 0 Å². The van der Waals surface area contributed by atoms with Crippen LogP contribution in [-0.4, -0.2) is 21.1 Å². The van der Waals surface area contributed by atoms with E-state index in [1.807, 2.05) is 19.1 Å². The zero-order chi connectivity index (χ0) is 12.4. The van der Waals surface area contributed by atoms with E-state index >= 15 is 0 Å². The highest BCUT2D eigenvalue weighted by molar-refractivity contribution is 9.10. The van der Waals surface area contributed by atoms with E-state index in [0.717, 1.165) is 10.0 Å². The maximum absolute atomic E-state index is 12.0. The van der Waals surface area contributed by atoms with Crippen molar-refractivity contribution in [3.63, 3.8) is 0 Å². The number of hydrogen-bond acceptors (Lipinski definition) is 3. The second kappa shape index (κ2) is 4.67. The molecule has 1 aromatic carbocycles. The molecule has 0 saturated carbocycles. The van der Waals surface area contributed by atoms with Gasteiger partial charge in [0.2, 0.25) is 5.95 Å². The van der Waals surface area contributed by atoms with Crippen LogP contribution in [0.5, 0.6) is 0 Å². The first-order valence-electron chi connectivity index (χ1n) is 5.03. The van der Waals surface area contributed by atoms with Gasteiger partial charge in [-0.2, -0.15) is 4.98 Å². The fraction of sp³-hybridized carbons (Fsp3) is 0.182. The van der Waals surface area contributed by atoms with Gasteiger partial charge >= 0.3 is 0 Å². The Morgan fingerprint density at radius 2 is 2.18 bits per heavy atom. The average Bonchev–Trinajstić information content (AvgIpc) is 2.67. The molecule has 17 heavy (non-hydrogen) atoms. The molecule has 2 N–H and O–H groups in total. The monoisotopic (exact) mass is 294 g/mol. The van der Waals surface area contributed by atoms with E-state index in [4.69, 9.17) is 0 Å². The number of carbonyl (C=O) groups excluding carboxylic acids is 1. The van der Waals surface area contributed by atoms with Crippen molar-refractivity contribution >= 4 is 27.8 Å². The molecule has 88 valence electrons. The number of amides is 1. The van der Waals surface area contributed by atoms with E-state index in [0.29, 0.717) is 11.4 Å². The molecule has 0 unspecified atom stereocenters. The molecule has 0 spiro atoms. The molecule has 2 aromatic rings. The Hall–Kier alpha value is -1.69. The predicted molar refractivity (Wildman–Crippen MR) is 68.0 cm³/mol. The Balaban J connectivity index is 2.22. The number of H-pyrrole nitrogens is 1. The highest BCUT2D eigenvalue weighted by atomic mass is 79.9. The van der Waals surface area contributed by atoms with Gasteiger partial charge in [-0.1, -0.05) is 22.0 Å². The summed E-state index contributed by atoms with van der Waals surface area (Å²) in [5.74, 6) is 0.723. The van der Waals surface area contributed by atoms with E-state index in [1.165, 1.54) is 0 Å². The minimum Gasteiger partial charge on any atom is -0.289 e. The Morgan fingerprint density at radius 3 is 2.82 bits per heavy atom. The number of aromatic nitrogens is 3. The van der Waals surface area contributed by atoms with Crippen LogP contribution in [0.2, 0.25) is 0 Å². The number of rotatable bonds is 2. The molecular weight excluding hydrogens is 284 g/mol. The molecule has 2 rings (SSSR count). The Bertz CT molecular complexity index is 564. The molecule has 0 saturated heterocycles. The summed E-state index contributed by atoms with van der Waals surface area (Å²) in [7, 11) is 0. The lowest BCUT2D eigenvalue weighted by Gasteiger charge is -2.05. The third kappa shape index (κ3) is 2.71. The van der Waals surface area contributed by atoms with Crippen LogP contribution in [0.4, 0.5) is 5.95 Å². The predicted octanol–water partition coefficient (Wildman–Crippen LogP) is 2.44. The van der Waals surface area contributed by atoms with Crippen molar-refractivity contribution in [3.8, 4) is 0 Å². The van der Waals surface area contributed by atoms with Crippen LogP contribution >= 0.6 is 15.9 Å². The lowest BCUT2D eigenvalue weighted by Crippen LogP contribution is -2.14. The molecule has 1 amide bonds. The van der Waals surface area contributed by atoms with Crippen LogP contribution < -0.4 is 5.32 Å². The summed E-state index contributed by atoms with van der Waals surface area (Å²) in [6, 6.07) is 5.54. The quantitative estimate of drug-likeness (QED) is 0.894. The van der Waals surface area contributed by atoms with Crippen molar-refractivity contribution in [2.75, 3.05) is 5.32 Å². The third-order valence-corrected chi connectivity index (χ3v) is 2.76. The van der Waals surface area contributed by atoms with Crippen LogP contribution in [0, 0.1) is 13.8 Å². The van der Waals surface area contributed by atoms with Crippen LogP contribution in [0.25, 0.3) is 0 Å². The van der Waals surface area contributed by atoms with Gasteiger partial charge in [0, 0.05) is 10.0 Å². The van der Waals surface area contributed by atoms with E-state index < -0.39 is 0 Å². The first kappa shape index (κ1) is 11.8. The largest absolute Gasteiger partial charge is 0.289 e. The standard InChI is InChI=1S/C11H11BrN4O/c1-6-3-4-8(12)5-9(6)10(17)14-11-13-7(2)15-16-11/h3-5H,1-2H3,(H2,13,14,15,16,17). The van der Waals surface area contributed by atoms with Gasteiger partial charge in [-0.15, -0.1) is 5.10 Å². The summed E-state index contributed by atoms with van der Waals surface area (Å²) < 4.78 is 0.861. The van der Waals surface area contributed by atoms with Crippen molar-refractivity contribution in [3.05, 3.63) is 39.6 Å². The lowest BCUT2D eigenvalue weighted by atomic mass is 10.1. The lowest BCUT2D eigenvalue weighted by molar-refractivity contribution is 0.102. The zero-order valence-electron chi connectivity index (χ0n) is 9.41. The Labute approximate surface area is 107 Å². The van der Waals surface area contributed by atoms with Crippen LogP contribution in [0.3, 0.4) is 0 Å². The fourth-order valence-electron chi connectivity index (χ4n) is 1.41. The first-order valence-corrected chi connectivity index (χ1v) is 5.82. The molecule has 1 aromatic heterocycles. The van der Waals surface area contributed by atoms with Gasteiger partial charge in [0.1, 0.15) is 5.82 Å². The molecule has 0 aliphatic heterocycles. The number of benzene rings is 1. The molecule has 0 aliphatic rings. The second-order valence-corrected chi connectivity index (χ2v) is 4.57. The van der Waals surface area contributed by atoms with Crippen molar-refractivity contribution in [2.24, 2.45) is 0 Å². The first-order chi connectivity index (χ1) is 8.06. The van der Waals surface area contributed by atoms with Gasteiger partial charge in [-0.25, -0.2) is 0 Å². The number of aromatic amines is 1. The van der Waals surface area contributed by atoms with Crippen LogP contribution in [0.1, 0.15) is 21.7 Å². The van der Waals surface area contributed by atoms with Crippen molar-refractivity contribution in [2.45, 2.75) is 13.8 Å². The van der Waals surface area contributed by atoms with E-state index in [-0.39, 0.29) is 11.9 Å². The summed E-state index contributed by atoms with van der Waals surface area (Å²) in [5.41, 5.74) is 1.50. The highest BCUT2D eigenvalue weighted by Gasteiger charge is 2.11. The summed E-state index contributed by atoms with van der Waals surface area (Å²) in [5, 5.41) is 9.15. The maximum atomic E-state index is 12.0. The number of halogens is 1. The topological polar surface area (TPSA) is 70.7 Å². The molecule has 0 atom stereocenters. The maximum Gasteiger partial charge on any atom is 0.258 e. The number of nitrogens with zero attached hydrogens (tertiary/aromatic N) is 2. The Morgan fingerprint density at radius 1 is 1.41 bits per heavy atom. The molecule has 0 bridgehead atoms. The highest BCUT2D eigenvalue weighted by Crippen LogP contribution is 2.16. The minimum absolute atomic E-state index is 0.220. The van der Waals surface area contributed by atoms with Crippen molar-refractivity contribution in [1.82, 2.24) is 15.2 Å². The average molecular weight is 295 g/mol. The zero-order valence-corrected chi connectivity index (χ0v) is 11.0. The van der Waals surface area contributed by atoms with E-state index in [1.54, 1.807) is 13.0 Å². The number of anilines is 1. The SMILES string of the molecule is Cc1nc(NC(=O)c2cc(Br)ccc2C)n[nH]1. The second-order valence-electron chi connectivity index (χ2n) is 3.66. The van der Waals surface area contributed by atoms with Crippen molar-refractivity contribution < 1.29 is 4.79 Å². The number of hydrogen-bond donors (Lipinski definition) is 2. The van der Waals surface area contributed by atoms with Gasteiger partial charge in [0.25, 0.3) is 5.91 Å². The molecule has 0 fully saturated rings. The fourth-order valence-corrected chi connectivity index (χ4v) is 1.77. The molecule has 6 heteroatoms. The smallest absolute Gasteiger partial charge is 0.258 e. The van der Waals surface area contributed by atoms with Gasteiger partial charge < -0.3 is 0 Å². The molecule has 5 nitrogen and oxygen atoms in total. The molecule has 0 radical (unpaired) electrons. The summed E-state index contributed by atoms with van der Waals surface area (Å²) in [6.07, 6.45) is 0. The normalized spacial score (nSPS) is 10.3. The van der Waals surface area contributed by atoms with Gasteiger partial charge in [0.05, 0.1) is 0 Å². The summed E-state index contributed by atoms with van der Waals surface area (Å²) in [4.78, 5) is 16.0. The van der Waals surface area contributed by atoms with E-state index in [9.17, 15) is 4.79 Å². The molecule has 1 heterocycles. The molecular formula is C11H11BrN4O. The van der Waals surface area contributed by atoms with E-state index in [2.05, 4.69) is 36.4 Å². The summed E-state index contributed by atoms with van der Waals surface area (Å²) >= 11 is 3.34. The van der Waals surface area contributed by atoms with Crippen LogP contribution in [0.15, 0.2) is 22.7 Å². The number of aryl methyl sites for hydroxylation is 2. The van der Waals surface area contributed by atoms with Gasteiger partial charge in [-0.3, -0.25) is 15.2 Å². The Kier molecular flexibility index (Phi) is 3.23. The van der Waals surface area contributed by atoms with Crippen molar-refractivity contribution in [1.29, 1.82) is 0 Å². The number of nitrogens with one attached hydrogen (secondary N) is 2. The summed E-state index contributed by atoms with van der Waals surface area (Å²) in [6.45, 7) is 3.65. The molecule has 0 aliphatic carbocycles.